The van der Waals surface area contributed by atoms with Gasteiger partial charge in [0, 0.05) is 29.5 Å². The van der Waals surface area contributed by atoms with Crippen molar-refractivity contribution in [3.05, 3.63) is 88.5 Å². The first-order valence-electron chi connectivity index (χ1n) is 13.8. The maximum absolute atomic E-state index is 13.6. The molecule has 2 atom stereocenters. The molecule has 2 saturated heterocycles. The molecule has 1 amide bonds. The zero-order valence-electron chi connectivity index (χ0n) is 22.4. The molecule has 38 heavy (non-hydrogen) atoms. The lowest BCUT2D eigenvalue weighted by molar-refractivity contribution is 0.00649. The first kappa shape index (κ1) is 24.7. The Balaban J connectivity index is 1.17. The molecule has 0 N–H and O–H groups in total. The normalized spacial score (nSPS) is 22.0. The summed E-state index contributed by atoms with van der Waals surface area (Å²) in [6, 6.07) is 20.8. The third kappa shape index (κ3) is 4.18. The van der Waals surface area contributed by atoms with Crippen molar-refractivity contribution in [3.8, 4) is 16.9 Å². The lowest BCUT2D eigenvalue weighted by Crippen LogP contribution is -2.56. The van der Waals surface area contributed by atoms with Crippen molar-refractivity contribution < 1.29 is 19.1 Å². The molecule has 3 aromatic rings. The maximum Gasteiger partial charge on any atom is 0.410 e. The lowest BCUT2D eigenvalue weighted by atomic mass is 9.75. The number of ether oxygens (including phenoxy) is 2. The monoisotopic (exact) mass is 509 g/mol. The summed E-state index contributed by atoms with van der Waals surface area (Å²) < 4.78 is 11.5. The van der Waals surface area contributed by atoms with Gasteiger partial charge in [0.15, 0.2) is 5.78 Å². The van der Waals surface area contributed by atoms with Gasteiger partial charge in [0.05, 0.1) is 7.11 Å². The average Bonchev–Trinajstić information content (AvgIpc) is 3.25. The topological polar surface area (TPSA) is 55.8 Å². The summed E-state index contributed by atoms with van der Waals surface area (Å²) in [5, 5.41) is 0. The van der Waals surface area contributed by atoms with Gasteiger partial charge in [0.2, 0.25) is 0 Å². The van der Waals surface area contributed by atoms with Crippen molar-refractivity contribution in [2.24, 2.45) is 5.92 Å². The van der Waals surface area contributed by atoms with Crippen LogP contribution >= 0.6 is 0 Å². The van der Waals surface area contributed by atoms with Gasteiger partial charge in [0.25, 0.3) is 0 Å². The highest BCUT2D eigenvalue weighted by atomic mass is 16.6. The number of amides is 1. The summed E-state index contributed by atoms with van der Waals surface area (Å²) in [6.45, 7) is 4.28. The standard InChI is InChI=1S/C33H35NO4/c1-20-16-31(37-3)21(2)15-29(20)32(35)22-17-23-9-8-10-24(18-22)34(23)33(36)38-19-30-27-13-6-4-11-25(27)26-12-5-7-14-28(26)30/h4-7,11-16,22-24,30H,8-10,17-19H2,1-3H3. The number of fused-ring (bicyclic) bond motifs is 5. The number of aryl methyl sites for hydroxylation is 2. The van der Waals surface area contributed by atoms with Gasteiger partial charge in [-0.05, 0) is 91.5 Å². The number of ketones is 1. The van der Waals surface area contributed by atoms with E-state index in [1.807, 2.05) is 30.9 Å². The molecule has 2 fully saturated rings. The summed E-state index contributed by atoms with van der Waals surface area (Å²) in [5.74, 6) is 0.972. The highest BCUT2D eigenvalue weighted by Gasteiger charge is 2.44. The fourth-order valence-electron chi connectivity index (χ4n) is 7.06. The average molecular weight is 510 g/mol. The van der Waals surface area contributed by atoms with Crippen LogP contribution in [0.4, 0.5) is 4.79 Å². The van der Waals surface area contributed by atoms with E-state index in [1.165, 1.54) is 22.3 Å². The van der Waals surface area contributed by atoms with Crippen LogP contribution in [-0.4, -0.2) is 42.6 Å². The molecule has 196 valence electrons. The number of hydrogen-bond donors (Lipinski definition) is 0. The molecule has 5 heteroatoms. The van der Waals surface area contributed by atoms with E-state index >= 15 is 0 Å². The van der Waals surface area contributed by atoms with Gasteiger partial charge in [-0.15, -0.1) is 0 Å². The molecule has 6 rings (SSSR count). The Morgan fingerprint density at radius 3 is 2.08 bits per heavy atom. The van der Waals surface area contributed by atoms with Gasteiger partial charge in [-0.2, -0.15) is 0 Å². The van der Waals surface area contributed by atoms with Crippen LogP contribution in [0.2, 0.25) is 0 Å². The second-order valence-corrected chi connectivity index (χ2v) is 11.1. The number of Topliss-reactive ketones (excluding diaryl/α,β-unsaturated/α-hetero) is 1. The zero-order chi connectivity index (χ0) is 26.4. The molecule has 3 aliphatic rings. The smallest absolute Gasteiger partial charge is 0.410 e. The van der Waals surface area contributed by atoms with E-state index in [2.05, 4.69) is 48.5 Å². The predicted octanol–water partition coefficient (Wildman–Crippen LogP) is 7.08. The van der Waals surface area contributed by atoms with Gasteiger partial charge in [-0.3, -0.25) is 4.79 Å². The van der Waals surface area contributed by atoms with Crippen LogP contribution in [0.5, 0.6) is 5.75 Å². The fourth-order valence-corrected chi connectivity index (χ4v) is 7.06. The fraction of sp³-hybridized carbons (Fsp3) is 0.394. The van der Waals surface area contributed by atoms with E-state index in [0.29, 0.717) is 19.4 Å². The van der Waals surface area contributed by atoms with Crippen molar-refractivity contribution >= 4 is 11.9 Å². The van der Waals surface area contributed by atoms with E-state index in [-0.39, 0.29) is 35.8 Å². The van der Waals surface area contributed by atoms with Crippen LogP contribution in [0, 0.1) is 19.8 Å². The van der Waals surface area contributed by atoms with Crippen molar-refractivity contribution in [3.63, 3.8) is 0 Å². The van der Waals surface area contributed by atoms with E-state index in [9.17, 15) is 9.59 Å². The minimum absolute atomic E-state index is 0.0478. The number of methoxy groups -OCH3 is 1. The highest BCUT2D eigenvalue weighted by molar-refractivity contribution is 5.99. The Bertz CT molecular complexity index is 1340. The molecular formula is C33H35NO4. The molecule has 2 heterocycles. The Labute approximate surface area is 224 Å². The van der Waals surface area contributed by atoms with Crippen LogP contribution in [0.3, 0.4) is 0 Å². The Kier molecular flexibility index (Phi) is 6.46. The summed E-state index contributed by atoms with van der Waals surface area (Å²) in [7, 11) is 1.66. The second-order valence-electron chi connectivity index (χ2n) is 11.1. The predicted molar refractivity (Wildman–Crippen MR) is 148 cm³/mol. The first-order chi connectivity index (χ1) is 18.5. The largest absolute Gasteiger partial charge is 0.496 e. The van der Waals surface area contributed by atoms with Crippen molar-refractivity contribution in [2.45, 2.75) is 64.0 Å². The van der Waals surface area contributed by atoms with Gasteiger partial charge >= 0.3 is 6.09 Å². The molecule has 0 spiro atoms. The van der Waals surface area contributed by atoms with Crippen LogP contribution in [0.1, 0.15) is 70.6 Å². The molecule has 1 aliphatic carbocycles. The SMILES string of the molecule is COc1cc(C)c(C(=O)C2CC3CCCC(C2)N3C(=O)OCC2c3ccccc3-c3ccccc32)cc1C. The summed E-state index contributed by atoms with van der Waals surface area (Å²) in [4.78, 5) is 29.1. The summed E-state index contributed by atoms with van der Waals surface area (Å²) >= 11 is 0. The van der Waals surface area contributed by atoms with E-state index in [4.69, 9.17) is 9.47 Å². The molecule has 5 nitrogen and oxygen atoms in total. The molecule has 3 aromatic carbocycles. The highest BCUT2D eigenvalue weighted by Crippen LogP contribution is 2.45. The van der Waals surface area contributed by atoms with Crippen molar-refractivity contribution in [1.82, 2.24) is 4.90 Å². The number of piperidine rings is 2. The molecular weight excluding hydrogens is 474 g/mol. The maximum atomic E-state index is 13.6. The first-order valence-corrected chi connectivity index (χ1v) is 13.8. The van der Waals surface area contributed by atoms with Crippen molar-refractivity contribution in [1.29, 1.82) is 0 Å². The van der Waals surface area contributed by atoms with Gasteiger partial charge < -0.3 is 14.4 Å². The van der Waals surface area contributed by atoms with Crippen LogP contribution in [0.25, 0.3) is 11.1 Å². The zero-order valence-corrected chi connectivity index (χ0v) is 22.4. The lowest BCUT2D eigenvalue weighted by Gasteiger charge is -2.47. The van der Waals surface area contributed by atoms with Gasteiger partial charge in [-0.1, -0.05) is 48.5 Å². The number of benzene rings is 3. The molecule has 0 aromatic heterocycles. The number of carbonyl (C=O) groups is 2. The minimum Gasteiger partial charge on any atom is -0.496 e. The minimum atomic E-state index is -0.232. The summed E-state index contributed by atoms with van der Waals surface area (Å²) in [5.41, 5.74) is 7.58. The number of hydrogen-bond acceptors (Lipinski definition) is 4. The Hall–Kier alpha value is -3.60. The summed E-state index contributed by atoms with van der Waals surface area (Å²) in [6.07, 6.45) is 4.10. The second kappa shape index (κ2) is 9.94. The Morgan fingerprint density at radius 2 is 1.47 bits per heavy atom. The third-order valence-corrected chi connectivity index (χ3v) is 8.90. The molecule has 2 unspecified atom stereocenters. The third-order valence-electron chi connectivity index (χ3n) is 8.90. The van der Waals surface area contributed by atoms with E-state index in [1.54, 1.807) is 7.11 Å². The van der Waals surface area contributed by atoms with Gasteiger partial charge in [0.1, 0.15) is 12.4 Å². The number of carbonyl (C=O) groups excluding carboxylic acids is 2. The number of nitrogens with zero attached hydrogens (tertiary/aromatic N) is 1. The van der Waals surface area contributed by atoms with E-state index in [0.717, 1.165) is 41.7 Å². The molecule has 2 aliphatic heterocycles. The van der Waals surface area contributed by atoms with E-state index < -0.39 is 0 Å². The molecule has 2 bridgehead atoms. The van der Waals surface area contributed by atoms with Crippen LogP contribution in [0.15, 0.2) is 60.7 Å². The molecule has 0 saturated carbocycles. The van der Waals surface area contributed by atoms with Gasteiger partial charge in [-0.25, -0.2) is 4.79 Å². The Morgan fingerprint density at radius 1 is 0.868 bits per heavy atom. The quantitative estimate of drug-likeness (QED) is 0.345. The van der Waals surface area contributed by atoms with Crippen LogP contribution < -0.4 is 4.74 Å². The van der Waals surface area contributed by atoms with Crippen molar-refractivity contribution in [2.75, 3.05) is 13.7 Å². The number of rotatable bonds is 5. The van der Waals surface area contributed by atoms with Crippen LogP contribution in [-0.2, 0) is 4.74 Å². The molecule has 0 radical (unpaired) electrons.